The van der Waals surface area contributed by atoms with Crippen LogP contribution in [0.15, 0.2) is 59.0 Å². The van der Waals surface area contributed by atoms with E-state index < -0.39 is 0 Å². The quantitative estimate of drug-likeness (QED) is 0.584. The van der Waals surface area contributed by atoms with Crippen LogP contribution in [-0.2, 0) is 24.3 Å². The smallest absolute Gasteiger partial charge is 0.247 e. The van der Waals surface area contributed by atoms with Gasteiger partial charge in [0.15, 0.2) is 0 Å². The molecule has 6 nitrogen and oxygen atoms in total. The molecular weight excluding hydrogens is 376 g/mol. The minimum absolute atomic E-state index is 0.0407. The van der Waals surface area contributed by atoms with Gasteiger partial charge in [-0.1, -0.05) is 42.5 Å². The number of carbonyl (C=O) groups excluding carboxylic acids is 1. The first-order valence-electron chi connectivity index (χ1n) is 10.7. The van der Waals surface area contributed by atoms with Gasteiger partial charge in [0.1, 0.15) is 0 Å². The molecular formula is C24H28N4O2. The van der Waals surface area contributed by atoms with Gasteiger partial charge in [-0.3, -0.25) is 9.69 Å². The second-order valence-corrected chi connectivity index (χ2v) is 7.80. The van der Waals surface area contributed by atoms with Gasteiger partial charge >= 0.3 is 0 Å². The molecule has 0 aliphatic carbocycles. The number of hydrogen-bond acceptors (Lipinski definition) is 5. The largest absolute Gasteiger partial charge is 0.421 e. The van der Waals surface area contributed by atoms with Gasteiger partial charge in [-0.15, -0.1) is 10.2 Å². The molecule has 2 aromatic carbocycles. The molecule has 0 spiro atoms. The summed E-state index contributed by atoms with van der Waals surface area (Å²) < 4.78 is 5.68. The maximum atomic E-state index is 12.1. The molecule has 1 aliphatic rings. The van der Waals surface area contributed by atoms with Crippen LogP contribution in [0.25, 0.3) is 11.5 Å². The van der Waals surface area contributed by atoms with E-state index >= 15 is 0 Å². The Balaban J connectivity index is 1.16. The second-order valence-electron chi connectivity index (χ2n) is 7.80. The van der Waals surface area contributed by atoms with Crippen molar-refractivity contribution in [3.8, 4) is 11.5 Å². The van der Waals surface area contributed by atoms with Crippen LogP contribution in [0.2, 0.25) is 0 Å². The van der Waals surface area contributed by atoms with Crippen LogP contribution in [0.3, 0.4) is 0 Å². The van der Waals surface area contributed by atoms with Crippen LogP contribution in [0.1, 0.15) is 42.7 Å². The Bertz CT molecular complexity index is 931. The fourth-order valence-corrected chi connectivity index (χ4v) is 3.70. The van der Waals surface area contributed by atoms with Crippen molar-refractivity contribution in [2.24, 2.45) is 0 Å². The lowest BCUT2D eigenvalue weighted by molar-refractivity contribution is -0.121. The highest BCUT2D eigenvalue weighted by molar-refractivity contribution is 5.75. The Kier molecular flexibility index (Phi) is 6.87. The molecule has 4 rings (SSSR count). The second kappa shape index (κ2) is 10.2. The zero-order chi connectivity index (χ0) is 20.6. The SMILES string of the molecule is O=C(CCCc1nnc(-c2ccccc2)o1)NCc1ccc(CN2CCCC2)cc1. The lowest BCUT2D eigenvalue weighted by Crippen LogP contribution is -2.22. The minimum Gasteiger partial charge on any atom is -0.421 e. The highest BCUT2D eigenvalue weighted by Gasteiger charge is 2.12. The van der Waals surface area contributed by atoms with Crippen molar-refractivity contribution in [1.29, 1.82) is 0 Å². The molecule has 0 atom stereocenters. The molecule has 1 aromatic heterocycles. The van der Waals surface area contributed by atoms with Crippen LogP contribution < -0.4 is 5.32 Å². The predicted molar refractivity (Wildman–Crippen MR) is 115 cm³/mol. The summed E-state index contributed by atoms with van der Waals surface area (Å²) in [5, 5.41) is 11.1. The first kappa shape index (κ1) is 20.3. The molecule has 1 saturated heterocycles. The van der Waals surface area contributed by atoms with Crippen molar-refractivity contribution in [2.45, 2.75) is 45.2 Å². The summed E-state index contributed by atoms with van der Waals surface area (Å²) in [5.74, 6) is 1.12. The van der Waals surface area contributed by atoms with Crippen molar-refractivity contribution in [3.63, 3.8) is 0 Å². The molecule has 0 bridgehead atoms. The molecule has 1 N–H and O–H groups in total. The van der Waals surface area contributed by atoms with E-state index in [2.05, 4.69) is 44.7 Å². The molecule has 0 saturated carbocycles. The van der Waals surface area contributed by atoms with Crippen molar-refractivity contribution < 1.29 is 9.21 Å². The maximum Gasteiger partial charge on any atom is 0.247 e. The first-order chi connectivity index (χ1) is 14.8. The molecule has 0 radical (unpaired) electrons. The van der Waals surface area contributed by atoms with E-state index in [1.807, 2.05) is 30.3 Å². The third-order valence-corrected chi connectivity index (χ3v) is 5.40. The van der Waals surface area contributed by atoms with E-state index in [4.69, 9.17) is 4.42 Å². The Hall–Kier alpha value is -2.99. The number of likely N-dealkylation sites (tertiary alicyclic amines) is 1. The number of amides is 1. The summed E-state index contributed by atoms with van der Waals surface area (Å²) in [6, 6.07) is 18.2. The van der Waals surface area contributed by atoms with Crippen molar-refractivity contribution in [1.82, 2.24) is 20.4 Å². The third-order valence-electron chi connectivity index (χ3n) is 5.40. The van der Waals surface area contributed by atoms with Crippen LogP contribution in [0.4, 0.5) is 0 Å². The Morgan fingerprint density at radius 2 is 1.70 bits per heavy atom. The van der Waals surface area contributed by atoms with Gasteiger partial charge in [0.2, 0.25) is 17.7 Å². The molecule has 30 heavy (non-hydrogen) atoms. The van der Waals surface area contributed by atoms with Crippen molar-refractivity contribution in [3.05, 3.63) is 71.6 Å². The number of carbonyl (C=O) groups is 1. The van der Waals surface area contributed by atoms with Gasteiger partial charge in [-0.25, -0.2) is 0 Å². The molecule has 1 amide bonds. The minimum atomic E-state index is 0.0407. The van der Waals surface area contributed by atoms with Gasteiger partial charge < -0.3 is 9.73 Å². The topological polar surface area (TPSA) is 71.3 Å². The van der Waals surface area contributed by atoms with Crippen LogP contribution in [0, 0.1) is 0 Å². The van der Waals surface area contributed by atoms with E-state index in [1.165, 1.54) is 31.5 Å². The van der Waals surface area contributed by atoms with Crippen LogP contribution >= 0.6 is 0 Å². The van der Waals surface area contributed by atoms with Crippen molar-refractivity contribution in [2.75, 3.05) is 13.1 Å². The van der Waals surface area contributed by atoms with Crippen molar-refractivity contribution >= 4 is 5.91 Å². The summed E-state index contributed by atoms with van der Waals surface area (Å²) in [4.78, 5) is 14.6. The van der Waals surface area contributed by atoms with Gasteiger partial charge in [-0.2, -0.15) is 0 Å². The molecule has 6 heteroatoms. The monoisotopic (exact) mass is 404 g/mol. The molecule has 1 fully saturated rings. The van der Waals surface area contributed by atoms with E-state index in [0.29, 0.717) is 37.6 Å². The lowest BCUT2D eigenvalue weighted by Gasteiger charge is -2.14. The van der Waals surface area contributed by atoms with Crippen LogP contribution in [-0.4, -0.2) is 34.1 Å². The molecule has 156 valence electrons. The van der Waals surface area contributed by atoms with Gasteiger partial charge in [0.05, 0.1) is 0 Å². The number of hydrogen-bond donors (Lipinski definition) is 1. The van der Waals surface area contributed by atoms with E-state index in [-0.39, 0.29) is 5.91 Å². The Labute approximate surface area is 177 Å². The Morgan fingerprint density at radius 1 is 0.967 bits per heavy atom. The number of rotatable bonds is 9. The van der Waals surface area contributed by atoms with Crippen LogP contribution in [0.5, 0.6) is 0 Å². The Morgan fingerprint density at radius 3 is 2.47 bits per heavy atom. The zero-order valence-electron chi connectivity index (χ0n) is 17.2. The highest BCUT2D eigenvalue weighted by atomic mass is 16.4. The molecule has 3 aromatic rings. The summed E-state index contributed by atoms with van der Waals surface area (Å²) in [6.45, 7) is 3.99. The number of nitrogens with zero attached hydrogens (tertiary/aromatic N) is 3. The summed E-state index contributed by atoms with van der Waals surface area (Å²) in [6.07, 6.45) is 4.33. The molecule has 1 aliphatic heterocycles. The maximum absolute atomic E-state index is 12.1. The molecule has 2 heterocycles. The number of nitrogens with one attached hydrogen (secondary N) is 1. The van der Waals surface area contributed by atoms with Gasteiger partial charge in [-0.05, 0) is 55.6 Å². The first-order valence-corrected chi connectivity index (χ1v) is 10.7. The lowest BCUT2D eigenvalue weighted by atomic mass is 10.1. The average Bonchev–Trinajstić information content (AvgIpc) is 3.46. The molecule has 0 unspecified atom stereocenters. The zero-order valence-corrected chi connectivity index (χ0v) is 17.2. The summed E-state index contributed by atoms with van der Waals surface area (Å²) in [5.41, 5.74) is 3.36. The summed E-state index contributed by atoms with van der Waals surface area (Å²) >= 11 is 0. The fourth-order valence-electron chi connectivity index (χ4n) is 3.70. The van der Waals surface area contributed by atoms with E-state index in [9.17, 15) is 4.79 Å². The standard InChI is InChI=1S/C24H28N4O2/c29-22(9-6-10-23-26-27-24(30-23)21-7-2-1-3-8-21)25-17-19-11-13-20(14-12-19)18-28-15-4-5-16-28/h1-3,7-8,11-14H,4-6,9-10,15-18H2,(H,25,29). The number of aryl methyl sites for hydroxylation is 1. The number of benzene rings is 2. The van der Waals surface area contributed by atoms with Gasteiger partial charge in [0.25, 0.3) is 0 Å². The predicted octanol–water partition coefficient (Wildman–Crippen LogP) is 3.97. The fraction of sp³-hybridized carbons (Fsp3) is 0.375. The van der Waals surface area contributed by atoms with E-state index in [1.54, 1.807) is 0 Å². The average molecular weight is 405 g/mol. The van der Waals surface area contributed by atoms with Gasteiger partial charge in [0, 0.05) is 31.5 Å². The normalized spacial score (nSPS) is 14.1. The number of aromatic nitrogens is 2. The summed E-state index contributed by atoms with van der Waals surface area (Å²) in [7, 11) is 0. The highest BCUT2D eigenvalue weighted by Crippen LogP contribution is 2.18. The third kappa shape index (κ3) is 5.76. The van der Waals surface area contributed by atoms with E-state index in [0.717, 1.165) is 17.7 Å².